The van der Waals surface area contributed by atoms with Crippen molar-refractivity contribution in [3.05, 3.63) is 23.5 Å². The monoisotopic (exact) mass is 289 g/mol. The zero-order chi connectivity index (χ0) is 15.2. The van der Waals surface area contributed by atoms with E-state index in [4.69, 9.17) is 0 Å². The Hall–Kier alpha value is -1.09. The van der Waals surface area contributed by atoms with E-state index < -0.39 is 0 Å². The van der Waals surface area contributed by atoms with Crippen molar-refractivity contribution in [2.24, 2.45) is 5.92 Å². The third-order valence-electron chi connectivity index (χ3n) is 4.35. The second kappa shape index (κ2) is 7.79. The summed E-state index contributed by atoms with van der Waals surface area (Å²) in [5, 5.41) is 8.06. The predicted octanol–water partition coefficient (Wildman–Crippen LogP) is 4.43. The maximum absolute atomic E-state index is 4.46. The zero-order valence-corrected chi connectivity index (χ0v) is 14.1. The summed E-state index contributed by atoms with van der Waals surface area (Å²) in [7, 11) is 0. The first-order valence-electron chi connectivity index (χ1n) is 8.54. The molecule has 1 aliphatic rings. The fraction of sp³-hybridized carbons (Fsp3) is 0.722. The second-order valence-electron chi connectivity index (χ2n) is 6.94. The van der Waals surface area contributed by atoms with Gasteiger partial charge in [0.05, 0.1) is 6.20 Å². The molecule has 0 unspecified atom stereocenters. The Bertz CT molecular complexity index is 451. The predicted molar refractivity (Wildman–Crippen MR) is 90.3 cm³/mol. The molecule has 0 amide bonds. The third-order valence-corrected chi connectivity index (χ3v) is 4.35. The van der Waals surface area contributed by atoms with Crippen molar-refractivity contribution in [3.8, 4) is 0 Å². The molecule has 0 aromatic carbocycles. The Morgan fingerprint density at radius 1 is 1.29 bits per heavy atom. The lowest BCUT2D eigenvalue weighted by Gasteiger charge is -2.25. The van der Waals surface area contributed by atoms with Crippen molar-refractivity contribution in [3.63, 3.8) is 0 Å². The van der Waals surface area contributed by atoms with E-state index in [0.717, 1.165) is 12.5 Å². The maximum Gasteiger partial charge on any atom is 0.0562 e. The largest absolute Gasteiger partial charge is 0.311 e. The SMILES string of the molecule is CC(C)NCC(=Cc1cnn(C(C)C)c1)C1CCCCC1. The van der Waals surface area contributed by atoms with Gasteiger partial charge in [-0.25, -0.2) is 0 Å². The van der Waals surface area contributed by atoms with Crippen molar-refractivity contribution >= 4 is 6.08 Å². The molecule has 21 heavy (non-hydrogen) atoms. The highest BCUT2D eigenvalue weighted by molar-refractivity contribution is 5.52. The van der Waals surface area contributed by atoms with Gasteiger partial charge < -0.3 is 5.32 Å². The summed E-state index contributed by atoms with van der Waals surface area (Å²) in [5.41, 5.74) is 2.81. The van der Waals surface area contributed by atoms with Crippen molar-refractivity contribution in [2.45, 2.75) is 71.9 Å². The van der Waals surface area contributed by atoms with Crippen LogP contribution < -0.4 is 5.32 Å². The van der Waals surface area contributed by atoms with Crippen molar-refractivity contribution < 1.29 is 0 Å². The van der Waals surface area contributed by atoms with Gasteiger partial charge in [-0.2, -0.15) is 5.10 Å². The van der Waals surface area contributed by atoms with E-state index >= 15 is 0 Å². The molecule has 1 aromatic heterocycles. The average molecular weight is 289 g/mol. The Labute approximate surface area is 129 Å². The van der Waals surface area contributed by atoms with Gasteiger partial charge in [-0.1, -0.05) is 44.8 Å². The quantitative estimate of drug-likeness (QED) is 0.840. The van der Waals surface area contributed by atoms with Gasteiger partial charge in [0.1, 0.15) is 0 Å². The van der Waals surface area contributed by atoms with Crippen LogP contribution in [-0.2, 0) is 0 Å². The van der Waals surface area contributed by atoms with Crippen LogP contribution in [0.1, 0.15) is 71.4 Å². The van der Waals surface area contributed by atoms with Crippen LogP contribution in [-0.4, -0.2) is 22.4 Å². The first-order chi connectivity index (χ1) is 10.1. The Morgan fingerprint density at radius 3 is 2.57 bits per heavy atom. The minimum Gasteiger partial charge on any atom is -0.311 e. The Balaban J connectivity index is 2.13. The standard InChI is InChI=1S/C18H31N3/c1-14(2)19-12-18(17-8-6-5-7-9-17)10-16-11-20-21(13-16)15(3)4/h10-11,13-15,17,19H,5-9,12H2,1-4H3. The van der Waals surface area contributed by atoms with Crippen LogP contribution in [0.15, 0.2) is 18.0 Å². The molecule has 118 valence electrons. The minimum atomic E-state index is 0.430. The molecule has 0 spiro atoms. The molecule has 3 nitrogen and oxygen atoms in total. The van der Waals surface area contributed by atoms with E-state index in [-0.39, 0.29) is 0 Å². The molecule has 0 aliphatic heterocycles. The smallest absolute Gasteiger partial charge is 0.0562 e. The summed E-state index contributed by atoms with van der Waals surface area (Å²) in [6.07, 6.45) is 13.4. The number of hydrogen-bond acceptors (Lipinski definition) is 2. The number of rotatable bonds is 6. The molecule has 1 aliphatic carbocycles. The third kappa shape index (κ3) is 4.99. The van der Waals surface area contributed by atoms with Crippen LogP contribution in [0.4, 0.5) is 0 Å². The summed E-state index contributed by atoms with van der Waals surface area (Å²) in [4.78, 5) is 0. The molecular weight excluding hydrogens is 258 g/mol. The topological polar surface area (TPSA) is 29.9 Å². The van der Waals surface area contributed by atoms with Gasteiger partial charge in [0, 0.05) is 30.4 Å². The molecule has 1 N–H and O–H groups in total. The highest BCUT2D eigenvalue weighted by Crippen LogP contribution is 2.30. The van der Waals surface area contributed by atoms with Crippen LogP contribution in [0.2, 0.25) is 0 Å². The summed E-state index contributed by atoms with van der Waals surface area (Å²) in [5.74, 6) is 0.757. The van der Waals surface area contributed by atoms with Crippen LogP contribution in [0.5, 0.6) is 0 Å². The summed E-state index contributed by atoms with van der Waals surface area (Å²) >= 11 is 0. The molecule has 0 saturated heterocycles. The lowest BCUT2D eigenvalue weighted by Crippen LogP contribution is -2.27. The maximum atomic E-state index is 4.46. The molecular formula is C18H31N3. The van der Waals surface area contributed by atoms with Gasteiger partial charge in [0.15, 0.2) is 0 Å². The molecule has 1 aromatic rings. The van der Waals surface area contributed by atoms with Crippen LogP contribution in [0.3, 0.4) is 0 Å². The van der Waals surface area contributed by atoms with Gasteiger partial charge in [0.2, 0.25) is 0 Å². The Morgan fingerprint density at radius 2 is 2.00 bits per heavy atom. The van der Waals surface area contributed by atoms with Gasteiger partial charge >= 0.3 is 0 Å². The Kier molecular flexibility index (Phi) is 6.04. The molecule has 0 radical (unpaired) electrons. The number of hydrogen-bond donors (Lipinski definition) is 1. The number of nitrogens with one attached hydrogen (secondary N) is 1. The zero-order valence-electron chi connectivity index (χ0n) is 14.1. The van der Waals surface area contributed by atoms with E-state index in [0.29, 0.717) is 12.1 Å². The minimum absolute atomic E-state index is 0.430. The molecule has 0 atom stereocenters. The van der Waals surface area contributed by atoms with E-state index in [2.05, 4.69) is 50.4 Å². The second-order valence-corrected chi connectivity index (χ2v) is 6.94. The van der Waals surface area contributed by atoms with Crippen molar-refractivity contribution in [1.82, 2.24) is 15.1 Å². The van der Waals surface area contributed by atoms with E-state index in [1.54, 1.807) is 5.57 Å². The fourth-order valence-corrected chi connectivity index (χ4v) is 3.03. The molecule has 1 saturated carbocycles. The summed E-state index contributed by atoms with van der Waals surface area (Å²) in [6.45, 7) is 9.78. The van der Waals surface area contributed by atoms with Gasteiger partial charge in [-0.05, 0) is 32.6 Å². The molecule has 0 bridgehead atoms. The summed E-state index contributed by atoms with van der Waals surface area (Å²) in [6, 6.07) is 0.967. The highest BCUT2D eigenvalue weighted by atomic mass is 15.3. The van der Waals surface area contributed by atoms with Crippen molar-refractivity contribution in [2.75, 3.05) is 6.54 Å². The number of aromatic nitrogens is 2. The summed E-state index contributed by atoms with van der Waals surface area (Å²) < 4.78 is 2.04. The van der Waals surface area contributed by atoms with E-state index in [1.165, 1.54) is 37.7 Å². The van der Waals surface area contributed by atoms with E-state index in [1.807, 2.05) is 10.9 Å². The molecule has 1 fully saturated rings. The molecule has 2 rings (SSSR count). The first kappa shape index (κ1) is 16.3. The van der Waals surface area contributed by atoms with Crippen LogP contribution in [0, 0.1) is 5.92 Å². The van der Waals surface area contributed by atoms with Gasteiger partial charge in [-0.3, -0.25) is 4.68 Å². The van der Waals surface area contributed by atoms with Gasteiger partial charge in [-0.15, -0.1) is 0 Å². The van der Waals surface area contributed by atoms with Crippen LogP contribution >= 0.6 is 0 Å². The van der Waals surface area contributed by atoms with Gasteiger partial charge in [0.25, 0.3) is 0 Å². The lowest BCUT2D eigenvalue weighted by molar-refractivity contribution is 0.394. The van der Waals surface area contributed by atoms with Crippen LogP contribution in [0.25, 0.3) is 6.08 Å². The number of nitrogens with zero attached hydrogens (tertiary/aromatic N) is 2. The fourth-order valence-electron chi connectivity index (χ4n) is 3.03. The molecule has 3 heteroatoms. The molecule has 1 heterocycles. The average Bonchev–Trinajstić information content (AvgIpc) is 2.93. The van der Waals surface area contributed by atoms with E-state index in [9.17, 15) is 0 Å². The normalized spacial score (nSPS) is 17.9. The van der Waals surface area contributed by atoms with Crippen molar-refractivity contribution in [1.29, 1.82) is 0 Å². The lowest BCUT2D eigenvalue weighted by atomic mass is 9.83. The first-order valence-corrected chi connectivity index (χ1v) is 8.54. The highest BCUT2D eigenvalue weighted by Gasteiger charge is 2.18.